The predicted octanol–water partition coefficient (Wildman–Crippen LogP) is 3.04. The van der Waals surface area contributed by atoms with Gasteiger partial charge < -0.3 is 15.3 Å². The first-order chi connectivity index (χ1) is 14.7. The molecular formula is C21H24Cl2N2O5S. The lowest BCUT2D eigenvalue weighted by Gasteiger charge is -2.31. The standard InChI is InChI=1S/C21H24Cl2N2O5S/c1-11(21(29)30)24-20(28)12-4-7-25(8-5-12)16(27)3-2-13-10-14-15(26)6-9-31-19(14)18(23)17(13)22/h2-3,11-13H,4-10H2,1H3,(H,24,28)(H,29,30)/b3-2+. The minimum atomic E-state index is -1.09. The number of likely N-dealkylation sites (tertiary alicyclic amines) is 1. The van der Waals surface area contributed by atoms with Crippen LogP contribution in [0.25, 0.3) is 0 Å². The number of piperidine rings is 1. The predicted molar refractivity (Wildman–Crippen MR) is 120 cm³/mol. The van der Waals surface area contributed by atoms with Crippen molar-refractivity contribution in [2.45, 2.75) is 38.6 Å². The number of rotatable bonds is 5. The van der Waals surface area contributed by atoms with Gasteiger partial charge in [-0.3, -0.25) is 19.2 Å². The van der Waals surface area contributed by atoms with E-state index >= 15 is 0 Å². The SMILES string of the molecule is CC(NC(=O)C1CCN(C(=O)/C=C/C2CC3=C(SCCC3=O)C(Cl)=C2Cl)CC1)C(=O)O. The number of hydrogen-bond acceptors (Lipinski definition) is 5. The lowest BCUT2D eigenvalue weighted by molar-refractivity contribution is -0.142. The quantitative estimate of drug-likeness (QED) is 0.578. The Morgan fingerprint density at radius 1 is 1.26 bits per heavy atom. The fraction of sp³-hybridized carbons (Fsp3) is 0.524. The number of carboxylic acids is 1. The number of ketones is 1. The van der Waals surface area contributed by atoms with Crippen LogP contribution in [0.5, 0.6) is 0 Å². The van der Waals surface area contributed by atoms with E-state index in [1.54, 1.807) is 11.0 Å². The molecule has 3 aliphatic rings. The lowest BCUT2D eigenvalue weighted by atomic mass is 9.89. The van der Waals surface area contributed by atoms with Gasteiger partial charge in [0.25, 0.3) is 0 Å². The van der Waals surface area contributed by atoms with Crippen LogP contribution in [0.2, 0.25) is 0 Å². The summed E-state index contributed by atoms with van der Waals surface area (Å²) in [6.45, 7) is 2.23. The van der Waals surface area contributed by atoms with Crippen molar-refractivity contribution in [3.05, 3.63) is 32.7 Å². The summed E-state index contributed by atoms with van der Waals surface area (Å²) in [5.74, 6) is -1.44. The van der Waals surface area contributed by atoms with Gasteiger partial charge in [-0.25, -0.2) is 0 Å². The van der Waals surface area contributed by atoms with Crippen LogP contribution >= 0.6 is 35.0 Å². The van der Waals surface area contributed by atoms with E-state index in [0.29, 0.717) is 60.2 Å². The molecule has 2 heterocycles. The Morgan fingerprint density at radius 2 is 1.94 bits per heavy atom. The zero-order chi connectivity index (χ0) is 22.7. The summed E-state index contributed by atoms with van der Waals surface area (Å²) < 4.78 is 0. The van der Waals surface area contributed by atoms with Crippen LogP contribution in [-0.2, 0) is 19.2 Å². The van der Waals surface area contributed by atoms with Gasteiger partial charge in [0.2, 0.25) is 11.8 Å². The molecule has 168 valence electrons. The van der Waals surface area contributed by atoms with E-state index in [1.807, 2.05) is 0 Å². The van der Waals surface area contributed by atoms with Crippen LogP contribution in [-0.4, -0.2) is 58.5 Å². The number of amides is 2. The van der Waals surface area contributed by atoms with Crippen LogP contribution in [0, 0.1) is 11.8 Å². The number of carbonyl (C=O) groups is 4. The van der Waals surface area contributed by atoms with Crippen LogP contribution in [0.15, 0.2) is 32.7 Å². The first kappa shape index (κ1) is 23.9. The van der Waals surface area contributed by atoms with Crippen molar-refractivity contribution >= 4 is 58.5 Å². The van der Waals surface area contributed by atoms with Crippen molar-refractivity contribution in [2.24, 2.45) is 11.8 Å². The van der Waals surface area contributed by atoms with E-state index in [9.17, 15) is 19.2 Å². The fourth-order valence-electron chi connectivity index (χ4n) is 3.80. The average Bonchev–Trinajstić information content (AvgIpc) is 2.75. The van der Waals surface area contributed by atoms with E-state index in [0.717, 1.165) is 4.91 Å². The molecule has 10 heteroatoms. The zero-order valence-corrected chi connectivity index (χ0v) is 19.4. The van der Waals surface area contributed by atoms with Gasteiger partial charge in [-0.05, 0) is 32.3 Å². The summed E-state index contributed by atoms with van der Waals surface area (Å²) in [6, 6.07) is -0.944. The van der Waals surface area contributed by atoms with E-state index in [1.165, 1.54) is 24.8 Å². The van der Waals surface area contributed by atoms with Crippen molar-refractivity contribution in [2.75, 3.05) is 18.8 Å². The van der Waals surface area contributed by atoms with Gasteiger partial charge in [-0.2, -0.15) is 0 Å². The second-order valence-electron chi connectivity index (χ2n) is 7.83. The number of carboxylic acid groups (broad SMARTS) is 1. The fourth-order valence-corrected chi connectivity index (χ4v) is 5.62. The summed E-state index contributed by atoms with van der Waals surface area (Å²) in [6.07, 6.45) is 5.00. The third kappa shape index (κ3) is 5.54. The Balaban J connectivity index is 1.56. The van der Waals surface area contributed by atoms with Crippen LogP contribution in [0.4, 0.5) is 0 Å². The van der Waals surface area contributed by atoms with Gasteiger partial charge in [0, 0.05) is 52.6 Å². The molecule has 2 amide bonds. The van der Waals surface area contributed by atoms with Gasteiger partial charge in [0.15, 0.2) is 5.78 Å². The zero-order valence-electron chi connectivity index (χ0n) is 17.0. The van der Waals surface area contributed by atoms with Gasteiger partial charge in [-0.15, -0.1) is 11.8 Å². The topological polar surface area (TPSA) is 104 Å². The smallest absolute Gasteiger partial charge is 0.325 e. The lowest BCUT2D eigenvalue weighted by Crippen LogP contribution is -2.46. The summed E-state index contributed by atoms with van der Waals surface area (Å²) in [5.41, 5.74) is 0.690. The van der Waals surface area contributed by atoms with E-state index in [2.05, 4.69) is 5.32 Å². The number of carbonyl (C=O) groups excluding carboxylic acids is 3. The second kappa shape index (κ2) is 10.2. The van der Waals surface area contributed by atoms with Gasteiger partial charge >= 0.3 is 5.97 Å². The molecule has 0 radical (unpaired) electrons. The molecule has 3 rings (SSSR count). The average molecular weight is 487 g/mol. The largest absolute Gasteiger partial charge is 0.480 e. The summed E-state index contributed by atoms with van der Waals surface area (Å²) >= 11 is 14.3. The highest BCUT2D eigenvalue weighted by Crippen LogP contribution is 2.46. The number of allylic oxidation sites excluding steroid dienone is 4. The third-order valence-electron chi connectivity index (χ3n) is 5.72. The molecule has 0 aromatic heterocycles. The molecular weight excluding hydrogens is 463 g/mol. The third-order valence-corrected chi connectivity index (χ3v) is 7.94. The molecule has 0 spiro atoms. The maximum absolute atomic E-state index is 12.6. The highest BCUT2D eigenvalue weighted by molar-refractivity contribution is 8.03. The van der Waals surface area contributed by atoms with Crippen LogP contribution in [0.1, 0.15) is 32.6 Å². The number of aliphatic carboxylic acids is 1. The van der Waals surface area contributed by atoms with Crippen molar-refractivity contribution in [3.8, 4) is 0 Å². The Hall–Kier alpha value is -1.77. The first-order valence-corrected chi connectivity index (χ1v) is 11.9. The molecule has 0 bridgehead atoms. The molecule has 0 aromatic carbocycles. The molecule has 1 aliphatic carbocycles. The van der Waals surface area contributed by atoms with Crippen LogP contribution < -0.4 is 5.32 Å². The Bertz CT molecular complexity index is 890. The molecule has 31 heavy (non-hydrogen) atoms. The molecule has 2 aliphatic heterocycles. The van der Waals surface area contributed by atoms with Crippen molar-refractivity contribution in [1.29, 1.82) is 0 Å². The maximum Gasteiger partial charge on any atom is 0.325 e. The normalized spacial score (nSPS) is 23.8. The number of nitrogens with one attached hydrogen (secondary N) is 1. The van der Waals surface area contributed by atoms with Crippen molar-refractivity contribution < 1.29 is 24.3 Å². The van der Waals surface area contributed by atoms with Gasteiger partial charge in [0.1, 0.15) is 6.04 Å². The van der Waals surface area contributed by atoms with Gasteiger partial charge in [-0.1, -0.05) is 29.3 Å². The second-order valence-corrected chi connectivity index (χ2v) is 9.72. The minimum Gasteiger partial charge on any atom is -0.480 e. The van der Waals surface area contributed by atoms with Gasteiger partial charge in [0.05, 0.1) is 5.03 Å². The summed E-state index contributed by atoms with van der Waals surface area (Å²) in [4.78, 5) is 50.3. The van der Waals surface area contributed by atoms with Crippen LogP contribution in [0.3, 0.4) is 0 Å². The molecule has 1 fully saturated rings. The number of hydrogen-bond donors (Lipinski definition) is 2. The highest BCUT2D eigenvalue weighted by Gasteiger charge is 2.33. The number of Topliss-reactive ketones (excluding diaryl/α,β-unsaturated/α-hetero) is 1. The number of halogens is 2. The Labute approximate surface area is 194 Å². The molecule has 1 saturated heterocycles. The minimum absolute atomic E-state index is 0.0818. The number of thioether (sulfide) groups is 1. The van der Waals surface area contributed by atoms with E-state index in [4.69, 9.17) is 28.3 Å². The van der Waals surface area contributed by atoms with E-state index in [-0.39, 0.29) is 29.4 Å². The van der Waals surface area contributed by atoms with E-state index < -0.39 is 12.0 Å². The Morgan fingerprint density at radius 3 is 2.58 bits per heavy atom. The Kier molecular flexibility index (Phi) is 7.88. The monoisotopic (exact) mass is 486 g/mol. The molecule has 7 nitrogen and oxygen atoms in total. The molecule has 2 atom stereocenters. The molecule has 2 N–H and O–H groups in total. The van der Waals surface area contributed by atoms with Crippen molar-refractivity contribution in [1.82, 2.24) is 10.2 Å². The summed E-state index contributed by atoms with van der Waals surface area (Å²) in [7, 11) is 0. The molecule has 2 unspecified atom stereocenters. The molecule has 0 aromatic rings. The molecule has 0 saturated carbocycles. The maximum atomic E-state index is 12.6. The first-order valence-electron chi connectivity index (χ1n) is 10.1. The number of nitrogens with zero attached hydrogens (tertiary/aromatic N) is 1. The van der Waals surface area contributed by atoms with Crippen molar-refractivity contribution in [3.63, 3.8) is 0 Å². The highest BCUT2D eigenvalue weighted by atomic mass is 35.5. The summed E-state index contributed by atoms with van der Waals surface area (Å²) in [5, 5.41) is 12.2.